The summed E-state index contributed by atoms with van der Waals surface area (Å²) in [6, 6.07) is 25.5. The summed E-state index contributed by atoms with van der Waals surface area (Å²) < 4.78 is 5.25. The van der Waals surface area contributed by atoms with Crippen LogP contribution in [0.3, 0.4) is 0 Å². The molecule has 1 fully saturated rings. The maximum atomic E-state index is 13.7. The molecule has 0 radical (unpaired) electrons. The smallest absolute Gasteiger partial charge is 0.283 e. The van der Waals surface area contributed by atoms with Gasteiger partial charge in [-0.25, -0.2) is 4.90 Å². The average molecular weight is 500 g/mol. The number of anilines is 1. The van der Waals surface area contributed by atoms with Crippen LogP contribution in [0.4, 0.5) is 5.69 Å². The fourth-order valence-electron chi connectivity index (χ4n) is 4.53. The highest BCUT2D eigenvalue weighted by Crippen LogP contribution is 2.39. The number of nitrogens with zero attached hydrogens (tertiary/aromatic N) is 3. The highest BCUT2D eigenvalue weighted by Gasteiger charge is 2.43. The molecule has 0 aromatic heterocycles. The second-order valence-corrected chi connectivity index (χ2v) is 10.1. The molecule has 6 nitrogen and oxygen atoms in total. The van der Waals surface area contributed by atoms with E-state index in [0.717, 1.165) is 30.1 Å². The van der Waals surface area contributed by atoms with Crippen LogP contribution < -0.4 is 9.64 Å². The molecule has 0 N–H and O–H groups in total. The lowest BCUT2D eigenvalue weighted by atomic mass is 10.2. The van der Waals surface area contributed by atoms with E-state index in [4.69, 9.17) is 4.74 Å². The topological polar surface area (TPSA) is 53.1 Å². The van der Waals surface area contributed by atoms with Crippen molar-refractivity contribution >= 4 is 29.3 Å². The van der Waals surface area contributed by atoms with Crippen LogP contribution in [-0.2, 0) is 16.1 Å². The van der Waals surface area contributed by atoms with Crippen LogP contribution >= 0.6 is 11.8 Å². The van der Waals surface area contributed by atoms with E-state index >= 15 is 0 Å². The summed E-state index contributed by atoms with van der Waals surface area (Å²) in [6.45, 7) is 5.94. The second-order valence-electron chi connectivity index (χ2n) is 8.99. The quantitative estimate of drug-likeness (QED) is 0.440. The van der Waals surface area contributed by atoms with Crippen molar-refractivity contribution < 1.29 is 14.3 Å². The van der Waals surface area contributed by atoms with E-state index in [1.165, 1.54) is 22.2 Å². The first kappa shape index (κ1) is 24.2. The molecule has 2 aliphatic heterocycles. The van der Waals surface area contributed by atoms with Gasteiger partial charge in [-0.1, -0.05) is 59.8 Å². The highest BCUT2D eigenvalue weighted by molar-refractivity contribution is 8.04. The Hall–Kier alpha value is -3.55. The van der Waals surface area contributed by atoms with E-state index in [-0.39, 0.29) is 11.8 Å². The monoisotopic (exact) mass is 499 g/mol. The van der Waals surface area contributed by atoms with Crippen LogP contribution in [0.15, 0.2) is 94.4 Å². The number of thioether (sulfide) groups is 1. The lowest BCUT2D eigenvalue weighted by Crippen LogP contribution is -2.47. The maximum absolute atomic E-state index is 13.7. The van der Waals surface area contributed by atoms with Gasteiger partial charge in [-0.05, 0) is 48.9 Å². The number of imide groups is 1. The first-order valence-corrected chi connectivity index (χ1v) is 12.9. The molecule has 0 spiro atoms. The number of aryl methyl sites for hydroxylation is 1. The second kappa shape index (κ2) is 10.6. The zero-order chi connectivity index (χ0) is 25.1. The largest absolute Gasteiger partial charge is 0.497 e. The maximum Gasteiger partial charge on any atom is 0.283 e. The SMILES string of the molecule is COc1ccc(N2C(=O)C(Sc3ccc(C)cc3)=C(N3CCN(Cc4ccccc4)CC3)C2=O)cc1. The van der Waals surface area contributed by atoms with E-state index in [0.29, 0.717) is 35.1 Å². The minimum Gasteiger partial charge on any atom is -0.497 e. The molecule has 3 aromatic carbocycles. The van der Waals surface area contributed by atoms with Crippen LogP contribution in [0.1, 0.15) is 11.1 Å². The summed E-state index contributed by atoms with van der Waals surface area (Å²) in [7, 11) is 1.59. The minimum atomic E-state index is -0.280. The van der Waals surface area contributed by atoms with Gasteiger partial charge < -0.3 is 9.64 Å². The van der Waals surface area contributed by atoms with Crippen LogP contribution in [0, 0.1) is 6.92 Å². The first-order valence-electron chi connectivity index (χ1n) is 12.1. The predicted molar refractivity (Wildman–Crippen MR) is 143 cm³/mol. The van der Waals surface area contributed by atoms with Crippen LogP contribution in [-0.4, -0.2) is 54.9 Å². The molecule has 1 saturated heterocycles. The van der Waals surface area contributed by atoms with Gasteiger partial charge in [-0.3, -0.25) is 14.5 Å². The van der Waals surface area contributed by atoms with E-state index < -0.39 is 0 Å². The average Bonchev–Trinajstić information content (AvgIpc) is 3.15. The van der Waals surface area contributed by atoms with Gasteiger partial charge >= 0.3 is 0 Å². The fourth-order valence-corrected chi connectivity index (χ4v) is 5.53. The van der Waals surface area contributed by atoms with Crippen molar-refractivity contribution in [3.8, 4) is 5.75 Å². The molecule has 5 rings (SSSR count). The number of rotatable bonds is 7. The number of ether oxygens (including phenoxy) is 1. The molecule has 2 aliphatic rings. The van der Waals surface area contributed by atoms with E-state index in [1.54, 1.807) is 31.4 Å². The summed E-state index contributed by atoms with van der Waals surface area (Å²) in [5.41, 5.74) is 3.47. The number of methoxy groups -OCH3 is 1. The molecule has 2 amide bonds. The Morgan fingerprint density at radius 3 is 2.11 bits per heavy atom. The number of amides is 2. The molecule has 2 heterocycles. The minimum absolute atomic E-state index is 0.267. The molecular formula is C29H29N3O3S. The Balaban J connectivity index is 1.40. The van der Waals surface area contributed by atoms with Crippen LogP contribution in [0.5, 0.6) is 5.75 Å². The van der Waals surface area contributed by atoms with Gasteiger partial charge in [0.25, 0.3) is 11.8 Å². The van der Waals surface area contributed by atoms with Gasteiger partial charge in [0.2, 0.25) is 0 Å². The lowest BCUT2D eigenvalue weighted by molar-refractivity contribution is -0.121. The zero-order valence-corrected chi connectivity index (χ0v) is 21.3. The summed E-state index contributed by atoms with van der Waals surface area (Å²) in [4.78, 5) is 34.6. The number of carbonyl (C=O) groups is 2. The number of piperazine rings is 1. The highest BCUT2D eigenvalue weighted by atomic mass is 32.2. The lowest BCUT2D eigenvalue weighted by Gasteiger charge is -2.36. The summed E-state index contributed by atoms with van der Waals surface area (Å²) in [5.74, 6) is 0.128. The molecule has 0 bridgehead atoms. The number of benzene rings is 3. The molecule has 36 heavy (non-hydrogen) atoms. The fraction of sp³-hybridized carbons (Fsp3) is 0.241. The van der Waals surface area contributed by atoms with Crippen molar-refractivity contribution in [2.45, 2.75) is 18.4 Å². The van der Waals surface area contributed by atoms with Gasteiger partial charge in [-0.2, -0.15) is 0 Å². The molecular weight excluding hydrogens is 470 g/mol. The number of carbonyl (C=O) groups excluding carboxylic acids is 2. The molecule has 0 atom stereocenters. The Kier molecular flexibility index (Phi) is 7.11. The van der Waals surface area contributed by atoms with E-state index in [9.17, 15) is 9.59 Å². The third-order valence-corrected chi connectivity index (χ3v) is 7.61. The first-order chi connectivity index (χ1) is 17.5. The van der Waals surface area contributed by atoms with Gasteiger partial charge in [0.1, 0.15) is 16.4 Å². The van der Waals surface area contributed by atoms with E-state index in [2.05, 4.69) is 34.1 Å². The molecule has 0 aliphatic carbocycles. The molecule has 184 valence electrons. The number of hydrogen-bond acceptors (Lipinski definition) is 6. The van der Waals surface area contributed by atoms with Crippen molar-refractivity contribution in [3.63, 3.8) is 0 Å². The van der Waals surface area contributed by atoms with Crippen LogP contribution in [0.25, 0.3) is 0 Å². The molecule has 3 aromatic rings. The van der Waals surface area contributed by atoms with Crippen molar-refractivity contribution in [2.24, 2.45) is 0 Å². The van der Waals surface area contributed by atoms with Gasteiger partial charge in [0.05, 0.1) is 12.8 Å². The third-order valence-electron chi connectivity index (χ3n) is 6.53. The third kappa shape index (κ3) is 5.03. The summed E-state index contributed by atoms with van der Waals surface area (Å²) >= 11 is 1.37. The Labute approximate surface area is 216 Å². The van der Waals surface area contributed by atoms with Crippen LogP contribution in [0.2, 0.25) is 0 Å². The van der Waals surface area contributed by atoms with Crippen molar-refractivity contribution in [1.82, 2.24) is 9.80 Å². The molecule has 0 unspecified atom stereocenters. The Bertz CT molecular complexity index is 1270. The molecule has 7 heteroatoms. The van der Waals surface area contributed by atoms with Gasteiger partial charge in [0, 0.05) is 37.6 Å². The standard InChI is InChI=1S/C29H29N3O3S/c1-21-8-14-25(15-9-21)36-27-26(28(33)32(29(27)34)23-10-12-24(35-2)13-11-23)31-18-16-30(17-19-31)20-22-6-4-3-5-7-22/h3-15H,16-20H2,1-2H3. The van der Waals surface area contributed by atoms with Crippen molar-refractivity contribution in [1.29, 1.82) is 0 Å². The Morgan fingerprint density at radius 1 is 0.806 bits per heavy atom. The number of hydrogen-bond donors (Lipinski definition) is 0. The Morgan fingerprint density at radius 2 is 1.47 bits per heavy atom. The summed E-state index contributed by atoms with van der Waals surface area (Å²) in [5, 5.41) is 0. The molecule has 0 saturated carbocycles. The van der Waals surface area contributed by atoms with Gasteiger partial charge in [-0.15, -0.1) is 0 Å². The zero-order valence-electron chi connectivity index (χ0n) is 20.5. The predicted octanol–water partition coefficient (Wildman–Crippen LogP) is 4.70. The normalized spacial score (nSPS) is 16.7. The van der Waals surface area contributed by atoms with Gasteiger partial charge in [0.15, 0.2) is 0 Å². The summed E-state index contributed by atoms with van der Waals surface area (Å²) in [6.07, 6.45) is 0. The van der Waals surface area contributed by atoms with Crippen molar-refractivity contribution in [2.75, 3.05) is 38.2 Å². The van der Waals surface area contributed by atoms with Crippen molar-refractivity contribution in [3.05, 3.63) is 101 Å². The van der Waals surface area contributed by atoms with E-state index in [1.807, 2.05) is 37.3 Å².